The average Bonchev–Trinajstić information content (AvgIpc) is 3.13. The SMILES string of the molecule is Nc1ccc(OCC2CC2)cc1SCCC(=O)O. The van der Waals surface area contributed by atoms with E-state index in [4.69, 9.17) is 15.6 Å². The number of hydrogen-bond acceptors (Lipinski definition) is 4. The van der Waals surface area contributed by atoms with E-state index in [2.05, 4.69) is 0 Å². The fourth-order valence-electron chi connectivity index (χ4n) is 1.48. The molecule has 1 aromatic carbocycles. The van der Waals surface area contributed by atoms with Gasteiger partial charge < -0.3 is 15.6 Å². The van der Waals surface area contributed by atoms with E-state index in [1.807, 2.05) is 18.2 Å². The second-order valence-corrected chi connectivity index (χ2v) is 5.58. The van der Waals surface area contributed by atoms with Crippen molar-refractivity contribution in [2.24, 2.45) is 5.92 Å². The van der Waals surface area contributed by atoms with Crippen molar-refractivity contribution in [1.82, 2.24) is 0 Å². The molecule has 3 N–H and O–H groups in total. The molecule has 0 heterocycles. The minimum atomic E-state index is -0.790. The number of thioether (sulfide) groups is 1. The van der Waals surface area contributed by atoms with Gasteiger partial charge in [-0.15, -0.1) is 11.8 Å². The molecule has 0 atom stereocenters. The van der Waals surface area contributed by atoms with E-state index in [1.54, 1.807) is 0 Å². The lowest BCUT2D eigenvalue weighted by molar-refractivity contribution is -0.136. The van der Waals surface area contributed by atoms with Crippen LogP contribution in [-0.2, 0) is 4.79 Å². The Bertz CT molecular complexity index is 432. The zero-order valence-electron chi connectivity index (χ0n) is 10.1. The quantitative estimate of drug-likeness (QED) is 0.587. The van der Waals surface area contributed by atoms with Crippen LogP contribution >= 0.6 is 11.8 Å². The molecule has 0 saturated heterocycles. The van der Waals surface area contributed by atoms with Crippen molar-refractivity contribution in [3.05, 3.63) is 18.2 Å². The van der Waals surface area contributed by atoms with Crippen molar-refractivity contribution in [2.45, 2.75) is 24.2 Å². The average molecular weight is 267 g/mol. The van der Waals surface area contributed by atoms with E-state index in [9.17, 15) is 4.79 Å². The molecule has 1 aromatic rings. The van der Waals surface area contributed by atoms with Gasteiger partial charge in [0.2, 0.25) is 0 Å². The minimum Gasteiger partial charge on any atom is -0.493 e. The normalized spacial score (nSPS) is 14.4. The van der Waals surface area contributed by atoms with Gasteiger partial charge in [0.1, 0.15) is 5.75 Å². The standard InChI is InChI=1S/C13H17NO3S/c14-11-4-3-10(17-8-9-1-2-9)7-12(11)18-6-5-13(15)16/h3-4,7,9H,1-2,5-6,8,14H2,(H,15,16). The van der Waals surface area contributed by atoms with Crippen LogP contribution in [-0.4, -0.2) is 23.4 Å². The van der Waals surface area contributed by atoms with Crippen LogP contribution in [0.4, 0.5) is 5.69 Å². The second-order valence-electron chi connectivity index (χ2n) is 4.45. The van der Waals surface area contributed by atoms with E-state index in [0.29, 0.717) is 17.4 Å². The lowest BCUT2D eigenvalue weighted by Gasteiger charge is -2.09. The molecule has 0 aromatic heterocycles. The third-order valence-corrected chi connectivity index (χ3v) is 3.81. The molecule has 0 spiro atoms. The van der Waals surface area contributed by atoms with Gasteiger partial charge in [-0.05, 0) is 37.0 Å². The lowest BCUT2D eigenvalue weighted by atomic mass is 10.3. The number of aliphatic carboxylic acids is 1. The summed E-state index contributed by atoms with van der Waals surface area (Å²) < 4.78 is 5.67. The number of carbonyl (C=O) groups is 1. The fourth-order valence-corrected chi connectivity index (χ4v) is 2.41. The van der Waals surface area contributed by atoms with Gasteiger partial charge in [0.25, 0.3) is 0 Å². The molecule has 0 radical (unpaired) electrons. The molecule has 4 nitrogen and oxygen atoms in total. The molecule has 0 bridgehead atoms. The summed E-state index contributed by atoms with van der Waals surface area (Å²) in [5.74, 6) is 1.26. The molecule has 0 amide bonds. The highest BCUT2D eigenvalue weighted by atomic mass is 32.2. The Morgan fingerprint density at radius 2 is 2.28 bits per heavy atom. The van der Waals surface area contributed by atoms with Crippen LogP contribution in [0.3, 0.4) is 0 Å². The molecule has 0 unspecified atom stereocenters. The van der Waals surface area contributed by atoms with Crippen molar-refractivity contribution in [2.75, 3.05) is 18.1 Å². The first-order valence-electron chi connectivity index (χ1n) is 6.02. The maximum atomic E-state index is 10.5. The van der Waals surface area contributed by atoms with Crippen molar-refractivity contribution in [1.29, 1.82) is 0 Å². The summed E-state index contributed by atoms with van der Waals surface area (Å²) in [6, 6.07) is 5.56. The summed E-state index contributed by atoms with van der Waals surface area (Å²) in [4.78, 5) is 11.3. The van der Waals surface area contributed by atoms with E-state index in [-0.39, 0.29) is 6.42 Å². The first-order chi connectivity index (χ1) is 8.65. The van der Waals surface area contributed by atoms with Crippen LogP contribution in [0.1, 0.15) is 19.3 Å². The van der Waals surface area contributed by atoms with E-state index in [0.717, 1.165) is 17.3 Å². The van der Waals surface area contributed by atoms with Gasteiger partial charge in [0.15, 0.2) is 0 Å². The molecular weight excluding hydrogens is 250 g/mol. The molecule has 5 heteroatoms. The third-order valence-electron chi connectivity index (χ3n) is 2.74. The first kappa shape index (κ1) is 13.1. The number of nitrogens with two attached hydrogens (primary N) is 1. The predicted molar refractivity (Wildman–Crippen MR) is 72.1 cm³/mol. The number of hydrogen-bond donors (Lipinski definition) is 2. The van der Waals surface area contributed by atoms with Crippen molar-refractivity contribution in [3.8, 4) is 5.75 Å². The molecule has 1 aliphatic carbocycles. The largest absolute Gasteiger partial charge is 0.493 e. The van der Waals surface area contributed by atoms with Crippen LogP contribution in [0.15, 0.2) is 23.1 Å². The summed E-state index contributed by atoms with van der Waals surface area (Å²) in [6.07, 6.45) is 2.65. The van der Waals surface area contributed by atoms with Crippen molar-refractivity contribution in [3.63, 3.8) is 0 Å². The highest BCUT2D eigenvalue weighted by Crippen LogP contribution is 2.32. The molecule has 1 aliphatic rings. The van der Waals surface area contributed by atoms with Crippen LogP contribution in [0.5, 0.6) is 5.75 Å². The van der Waals surface area contributed by atoms with E-state index in [1.165, 1.54) is 24.6 Å². The van der Waals surface area contributed by atoms with Crippen molar-refractivity contribution >= 4 is 23.4 Å². The van der Waals surface area contributed by atoms with Crippen LogP contribution < -0.4 is 10.5 Å². The molecule has 1 fully saturated rings. The number of carboxylic acid groups (broad SMARTS) is 1. The maximum Gasteiger partial charge on any atom is 0.304 e. The zero-order valence-corrected chi connectivity index (χ0v) is 10.9. The summed E-state index contributed by atoms with van der Waals surface area (Å²) in [7, 11) is 0. The number of benzene rings is 1. The molecule has 2 rings (SSSR count). The Kier molecular flexibility index (Phi) is 4.36. The number of carboxylic acids is 1. The maximum absolute atomic E-state index is 10.5. The smallest absolute Gasteiger partial charge is 0.304 e. The number of rotatable bonds is 7. The van der Waals surface area contributed by atoms with Gasteiger partial charge >= 0.3 is 5.97 Å². The molecule has 18 heavy (non-hydrogen) atoms. The van der Waals surface area contributed by atoms with Crippen LogP contribution in [0.25, 0.3) is 0 Å². The summed E-state index contributed by atoms with van der Waals surface area (Å²) >= 11 is 1.45. The topological polar surface area (TPSA) is 72.5 Å². The number of ether oxygens (including phenoxy) is 1. The third kappa shape index (κ3) is 4.14. The molecular formula is C13H17NO3S. The highest BCUT2D eigenvalue weighted by molar-refractivity contribution is 7.99. The Labute approximate surface area is 111 Å². The Morgan fingerprint density at radius 1 is 1.50 bits per heavy atom. The highest BCUT2D eigenvalue weighted by Gasteiger charge is 2.21. The predicted octanol–water partition coefficient (Wildman–Crippen LogP) is 2.62. The van der Waals surface area contributed by atoms with Gasteiger partial charge in [-0.3, -0.25) is 4.79 Å². The van der Waals surface area contributed by atoms with Crippen LogP contribution in [0, 0.1) is 5.92 Å². The minimum absolute atomic E-state index is 0.136. The Hall–Kier alpha value is -1.36. The van der Waals surface area contributed by atoms with Gasteiger partial charge in [-0.1, -0.05) is 0 Å². The number of nitrogen functional groups attached to an aromatic ring is 1. The van der Waals surface area contributed by atoms with Crippen molar-refractivity contribution < 1.29 is 14.6 Å². The first-order valence-corrected chi connectivity index (χ1v) is 7.00. The Morgan fingerprint density at radius 3 is 2.94 bits per heavy atom. The van der Waals surface area contributed by atoms with Gasteiger partial charge in [-0.2, -0.15) is 0 Å². The molecule has 98 valence electrons. The summed E-state index contributed by atoms with van der Waals surface area (Å²) in [6.45, 7) is 0.767. The monoisotopic (exact) mass is 267 g/mol. The van der Waals surface area contributed by atoms with Gasteiger partial charge in [0, 0.05) is 16.3 Å². The van der Waals surface area contributed by atoms with E-state index < -0.39 is 5.97 Å². The number of anilines is 1. The fraction of sp³-hybridized carbons (Fsp3) is 0.462. The summed E-state index contributed by atoms with van der Waals surface area (Å²) in [5, 5.41) is 8.60. The second kappa shape index (κ2) is 6.00. The molecule has 1 saturated carbocycles. The Balaban J connectivity index is 1.89. The lowest BCUT2D eigenvalue weighted by Crippen LogP contribution is -2.00. The zero-order chi connectivity index (χ0) is 13.0. The summed E-state index contributed by atoms with van der Waals surface area (Å²) in [5.41, 5.74) is 6.52. The molecule has 0 aliphatic heterocycles. The van der Waals surface area contributed by atoms with E-state index >= 15 is 0 Å². The van der Waals surface area contributed by atoms with Gasteiger partial charge in [0.05, 0.1) is 13.0 Å². The van der Waals surface area contributed by atoms with Gasteiger partial charge in [-0.25, -0.2) is 0 Å². The van der Waals surface area contributed by atoms with Crippen LogP contribution in [0.2, 0.25) is 0 Å².